The van der Waals surface area contributed by atoms with Crippen molar-refractivity contribution in [2.45, 2.75) is 38.1 Å². The van der Waals surface area contributed by atoms with E-state index in [1.807, 2.05) is 13.0 Å². The summed E-state index contributed by atoms with van der Waals surface area (Å²) in [6.07, 6.45) is 0.804. The third-order valence-corrected chi connectivity index (χ3v) is 6.13. The molecule has 5 nitrogen and oxygen atoms in total. The molecule has 0 radical (unpaired) electrons. The number of hydrogen-bond acceptors (Lipinski definition) is 4. The largest absolute Gasteiger partial charge is 0.398 e. The van der Waals surface area contributed by atoms with Crippen LogP contribution in [0.4, 0.5) is 5.69 Å². The van der Waals surface area contributed by atoms with Crippen molar-refractivity contribution in [3.05, 3.63) is 23.8 Å². The molecule has 118 valence electrons. The first kappa shape index (κ1) is 16.3. The smallest absolute Gasteiger partial charge is 0.243 e. The number of piperazine rings is 1. The maximum absolute atomic E-state index is 12.7. The zero-order chi connectivity index (χ0) is 15.6. The van der Waals surface area contributed by atoms with E-state index in [1.165, 1.54) is 0 Å². The van der Waals surface area contributed by atoms with Crippen molar-refractivity contribution in [2.75, 3.05) is 31.9 Å². The summed E-state index contributed by atoms with van der Waals surface area (Å²) in [6.45, 7) is 8.98. The van der Waals surface area contributed by atoms with Gasteiger partial charge in [-0.1, -0.05) is 19.9 Å². The van der Waals surface area contributed by atoms with Crippen LogP contribution in [0.25, 0.3) is 0 Å². The Labute approximate surface area is 127 Å². The number of sulfonamides is 1. The molecule has 1 heterocycles. The number of benzene rings is 1. The van der Waals surface area contributed by atoms with Gasteiger partial charge in [0.05, 0.1) is 4.90 Å². The predicted molar refractivity (Wildman–Crippen MR) is 85.7 cm³/mol. The summed E-state index contributed by atoms with van der Waals surface area (Å²) in [4.78, 5) is 2.59. The number of nitrogen functional groups attached to an aromatic ring is 1. The van der Waals surface area contributed by atoms with Gasteiger partial charge in [0.1, 0.15) is 0 Å². The van der Waals surface area contributed by atoms with Gasteiger partial charge in [-0.3, -0.25) is 4.90 Å². The van der Waals surface area contributed by atoms with E-state index in [4.69, 9.17) is 5.73 Å². The minimum atomic E-state index is -3.45. The van der Waals surface area contributed by atoms with Gasteiger partial charge in [0.15, 0.2) is 0 Å². The fourth-order valence-corrected chi connectivity index (χ4v) is 4.40. The van der Waals surface area contributed by atoms with Gasteiger partial charge < -0.3 is 5.73 Å². The summed E-state index contributed by atoms with van der Waals surface area (Å²) in [5, 5.41) is 0. The number of nitrogens with zero attached hydrogens (tertiary/aromatic N) is 2. The molecule has 1 aromatic carbocycles. The summed E-state index contributed by atoms with van der Waals surface area (Å²) in [5.41, 5.74) is 7.48. The summed E-state index contributed by atoms with van der Waals surface area (Å²) >= 11 is 0. The summed E-state index contributed by atoms with van der Waals surface area (Å²) in [6, 6.07) is 5.31. The standard InChI is InChI=1S/C15H25N3O2S/c1-4-13-6-7-14(10-15(13)16)21(19,20)18-9-8-17(5-2)12(3)11-18/h6-7,10,12H,4-5,8-9,11,16H2,1-3H3. The van der Waals surface area contributed by atoms with E-state index in [0.29, 0.717) is 23.7 Å². The quantitative estimate of drug-likeness (QED) is 0.857. The minimum Gasteiger partial charge on any atom is -0.398 e. The molecule has 21 heavy (non-hydrogen) atoms. The van der Waals surface area contributed by atoms with Crippen molar-refractivity contribution in [3.63, 3.8) is 0 Å². The van der Waals surface area contributed by atoms with E-state index in [0.717, 1.165) is 25.1 Å². The first-order valence-corrected chi connectivity index (χ1v) is 8.96. The molecule has 1 unspecified atom stereocenters. The van der Waals surface area contributed by atoms with Crippen molar-refractivity contribution in [2.24, 2.45) is 0 Å². The molecule has 0 spiro atoms. The SMILES string of the molecule is CCc1ccc(S(=O)(=O)N2CCN(CC)C(C)C2)cc1N. The molecule has 1 atom stereocenters. The average molecular weight is 311 g/mol. The molecule has 1 fully saturated rings. The lowest BCUT2D eigenvalue weighted by molar-refractivity contribution is 0.135. The molecule has 0 aliphatic carbocycles. The Bertz CT molecular complexity index is 601. The van der Waals surface area contributed by atoms with Crippen LogP contribution in [0.1, 0.15) is 26.3 Å². The van der Waals surface area contributed by atoms with Crippen LogP contribution in [0.15, 0.2) is 23.1 Å². The molecule has 1 aliphatic heterocycles. The van der Waals surface area contributed by atoms with E-state index < -0.39 is 10.0 Å². The highest BCUT2D eigenvalue weighted by Crippen LogP contribution is 2.23. The van der Waals surface area contributed by atoms with Crippen molar-refractivity contribution >= 4 is 15.7 Å². The van der Waals surface area contributed by atoms with E-state index in [2.05, 4.69) is 18.7 Å². The Balaban J connectivity index is 2.24. The first-order chi connectivity index (χ1) is 9.90. The molecule has 6 heteroatoms. The molecule has 0 aromatic heterocycles. The van der Waals surface area contributed by atoms with E-state index >= 15 is 0 Å². The molecule has 0 saturated carbocycles. The van der Waals surface area contributed by atoms with Gasteiger partial charge in [0.25, 0.3) is 0 Å². The highest BCUT2D eigenvalue weighted by molar-refractivity contribution is 7.89. The van der Waals surface area contributed by atoms with Gasteiger partial charge in [-0.2, -0.15) is 4.31 Å². The van der Waals surface area contributed by atoms with Crippen LogP contribution < -0.4 is 5.73 Å². The van der Waals surface area contributed by atoms with Crippen molar-refractivity contribution < 1.29 is 8.42 Å². The Hall–Kier alpha value is -1.11. The molecule has 2 N–H and O–H groups in total. The van der Waals surface area contributed by atoms with Crippen molar-refractivity contribution in [3.8, 4) is 0 Å². The average Bonchev–Trinajstić information content (AvgIpc) is 2.47. The normalized spacial score (nSPS) is 21.6. The second-order valence-electron chi connectivity index (χ2n) is 5.55. The monoisotopic (exact) mass is 311 g/mol. The van der Waals surface area contributed by atoms with Crippen LogP contribution >= 0.6 is 0 Å². The number of aryl methyl sites for hydroxylation is 1. The van der Waals surface area contributed by atoms with Crippen LogP contribution in [0.5, 0.6) is 0 Å². The number of nitrogens with two attached hydrogens (primary N) is 1. The number of likely N-dealkylation sites (N-methyl/N-ethyl adjacent to an activating group) is 1. The second-order valence-corrected chi connectivity index (χ2v) is 7.49. The number of hydrogen-bond donors (Lipinski definition) is 1. The molecule has 1 saturated heterocycles. The fraction of sp³-hybridized carbons (Fsp3) is 0.600. The zero-order valence-corrected chi connectivity index (χ0v) is 13.9. The Kier molecular flexibility index (Phi) is 4.91. The van der Waals surface area contributed by atoms with Crippen LogP contribution in [-0.2, 0) is 16.4 Å². The van der Waals surface area contributed by atoms with Gasteiger partial charge in [-0.05, 0) is 37.6 Å². The summed E-state index contributed by atoms with van der Waals surface area (Å²) < 4.78 is 27.0. The van der Waals surface area contributed by atoms with Gasteiger partial charge >= 0.3 is 0 Å². The minimum absolute atomic E-state index is 0.241. The summed E-state index contributed by atoms with van der Waals surface area (Å²) in [7, 11) is -3.45. The molecule has 0 amide bonds. The Morgan fingerprint density at radius 1 is 1.29 bits per heavy atom. The number of rotatable bonds is 4. The molecule has 2 rings (SSSR count). The van der Waals surface area contributed by atoms with Gasteiger partial charge in [0, 0.05) is 31.4 Å². The van der Waals surface area contributed by atoms with Crippen molar-refractivity contribution in [1.82, 2.24) is 9.21 Å². The van der Waals surface area contributed by atoms with Crippen molar-refractivity contribution in [1.29, 1.82) is 0 Å². The van der Waals surface area contributed by atoms with Gasteiger partial charge in [0.2, 0.25) is 10.0 Å². The van der Waals surface area contributed by atoms with E-state index in [-0.39, 0.29) is 6.04 Å². The maximum Gasteiger partial charge on any atom is 0.243 e. The van der Waals surface area contributed by atoms with Gasteiger partial charge in [-0.25, -0.2) is 8.42 Å². The molecular weight excluding hydrogens is 286 g/mol. The van der Waals surface area contributed by atoms with E-state index in [9.17, 15) is 8.42 Å². The highest BCUT2D eigenvalue weighted by Gasteiger charge is 2.31. The molecule has 1 aromatic rings. The van der Waals surface area contributed by atoms with Crippen LogP contribution in [0.3, 0.4) is 0 Å². The van der Waals surface area contributed by atoms with Crippen LogP contribution in [-0.4, -0.2) is 49.8 Å². The lowest BCUT2D eigenvalue weighted by Gasteiger charge is -2.38. The predicted octanol–water partition coefficient (Wildman–Crippen LogP) is 1.55. The topological polar surface area (TPSA) is 66.6 Å². The lowest BCUT2D eigenvalue weighted by Crippen LogP contribution is -2.53. The third kappa shape index (κ3) is 3.22. The maximum atomic E-state index is 12.7. The van der Waals surface area contributed by atoms with Crippen LogP contribution in [0, 0.1) is 0 Å². The Morgan fingerprint density at radius 3 is 2.52 bits per heavy atom. The fourth-order valence-electron chi connectivity index (χ4n) is 2.85. The Morgan fingerprint density at radius 2 is 2.00 bits per heavy atom. The highest BCUT2D eigenvalue weighted by atomic mass is 32.2. The lowest BCUT2D eigenvalue weighted by atomic mass is 10.1. The molecule has 0 bridgehead atoms. The van der Waals surface area contributed by atoms with E-state index in [1.54, 1.807) is 16.4 Å². The second kappa shape index (κ2) is 6.34. The van der Waals surface area contributed by atoms with Crippen LogP contribution in [0.2, 0.25) is 0 Å². The first-order valence-electron chi connectivity index (χ1n) is 7.52. The third-order valence-electron chi connectivity index (χ3n) is 4.27. The zero-order valence-electron chi connectivity index (χ0n) is 13.0. The molecule has 1 aliphatic rings. The summed E-state index contributed by atoms with van der Waals surface area (Å²) in [5.74, 6) is 0. The molecular formula is C15H25N3O2S. The number of anilines is 1. The van der Waals surface area contributed by atoms with Gasteiger partial charge in [-0.15, -0.1) is 0 Å².